The highest BCUT2D eigenvalue weighted by Gasteiger charge is 2.19. The zero-order chi connectivity index (χ0) is 23.5. The first-order valence-corrected chi connectivity index (χ1v) is 12.7. The molecule has 0 unspecified atom stereocenters. The minimum Gasteiger partial charge on any atom is -0.379 e. The van der Waals surface area contributed by atoms with Gasteiger partial charge in [-0.05, 0) is 18.6 Å². The first kappa shape index (κ1) is 23.2. The molecule has 2 aromatic heterocycles. The second kappa shape index (κ2) is 10.4. The molecule has 2 N–H and O–H groups in total. The van der Waals surface area contributed by atoms with Crippen LogP contribution in [-0.2, 0) is 11.3 Å². The molecule has 0 aliphatic carbocycles. The summed E-state index contributed by atoms with van der Waals surface area (Å²) in [5, 5.41) is 6.79. The molecule has 1 aliphatic heterocycles. The molecule has 1 aliphatic rings. The molecule has 0 spiro atoms. The summed E-state index contributed by atoms with van der Waals surface area (Å²) in [6.07, 6.45) is 0. The zero-order valence-electron chi connectivity index (χ0n) is 19.0. The number of benzene rings is 2. The lowest BCUT2D eigenvalue weighted by atomic mass is 10.0. The van der Waals surface area contributed by atoms with Crippen molar-refractivity contribution in [3.63, 3.8) is 0 Å². The molecule has 0 amide bonds. The second-order valence-electron chi connectivity index (χ2n) is 8.58. The van der Waals surface area contributed by atoms with E-state index in [-0.39, 0.29) is 11.6 Å². The second-order valence-corrected chi connectivity index (χ2v) is 9.84. The van der Waals surface area contributed by atoms with E-state index in [1.807, 2.05) is 29.6 Å². The van der Waals surface area contributed by atoms with Crippen molar-refractivity contribution in [3.05, 3.63) is 86.2 Å². The fourth-order valence-corrected chi connectivity index (χ4v) is 5.50. The number of ether oxygens (including phenoxy) is 1. The SMILES string of the molecule is Cc1ccc([C@@H](CN2CCOCC2)NCc2nc3scc(-c4ccccc4Cl)c3c(=O)[nH]2)cc1. The number of nitrogens with zero attached hydrogens (tertiary/aromatic N) is 2. The number of aromatic amines is 1. The van der Waals surface area contributed by atoms with E-state index < -0.39 is 0 Å². The van der Waals surface area contributed by atoms with Crippen molar-refractivity contribution in [3.8, 4) is 11.1 Å². The highest BCUT2D eigenvalue weighted by Crippen LogP contribution is 2.34. The molecule has 6 nitrogen and oxygen atoms in total. The van der Waals surface area contributed by atoms with Crippen LogP contribution >= 0.6 is 22.9 Å². The minimum absolute atomic E-state index is 0.113. The van der Waals surface area contributed by atoms with Gasteiger partial charge in [-0.1, -0.05) is 59.6 Å². The number of H-pyrrole nitrogens is 1. The van der Waals surface area contributed by atoms with Crippen molar-refractivity contribution in [2.24, 2.45) is 0 Å². The third-order valence-corrected chi connectivity index (χ3v) is 7.40. The van der Waals surface area contributed by atoms with E-state index in [1.54, 1.807) is 0 Å². The van der Waals surface area contributed by atoms with Gasteiger partial charge >= 0.3 is 0 Å². The van der Waals surface area contributed by atoms with Crippen molar-refractivity contribution in [2.45, 2.75) is 19.5 Å². The van der Waals surface area contributed by atoms with Crippen LogP contribution in [0.1, 0.15) is 23.0 Å². The van der Waals surface area contributed by atoms with Crippen molar-refractivity contribution in [2.75, 3.05) is 32.8 Å². The van der Waals surface area contributed by atoms with Gasteiger partial charge in [-0.25, -0.2) is 4.98 Å². The monoisotopic (exact) mass is 494 g/mol. The summed E-state index contributed by atoms with van der Waals surface area (Å²) in [7, 11) is 0. The fraction of sp³-hybridized carbons (Fsp3) is 0.308. The average molecular weight is 495 g/mol. The lowest BCUT2D eigenvalue weighted by molar-refractivity contribution is 0.0333. The highest BCUT2D eigenvalue weighted by molar-refractivity contribution is 7.17. The molecule has 2 aromatic carbocycles. The smallest absolute Gasteiger partial charge is 0.260 e. The molecule has 1 atom stereocenters. The van der Waals surface area contributed by atoms with Gasteiger partial charge in [-0.3, -0.25) is 9.69 Å². The first-order chi connectivity index (χ1) is 16.6. The third-order valence-electron chi connectivity index (χ3n) is 6.20. The van der Waals surface area contributed by atoms with Crippen LogP contribution in [0.5, 0.6) is 0 Å². The third kappa shape index (κ3) is 5.09. The quantitative estimate of drug-likeness (QED) is 0.387. The molecule has 4 aromatic rings. The molecule has 5 rings (SSSR count). The van der Waals surface area contributed by atoms with Gasteiger partial charge in [-0.15, -0.1) is 11.3 Å². The van der Waals surface area contributed by atoms with Crippen LogP contribution in [0.3, 0.4) is 0 Å². The topological polar surface area (TPSA) is 70.2 Å². The van der Waals surface area contributed by atoms with Gasteiger partial charge in [0.05, 0.1) is 25.1 Å². The van der Waals surface area contributed by atoms with Crippen LogP contribution < -0.4 is 10.9 Å². The van der Waals surface area contributed by atoms with Gasteiger partial charge in [0.15, 0.2) is 0 Å². The molecule has 3 heterocycles. The van der Waals surface area contributed by atoms with Gasteiger partial charge in [0.2, 0.25) is 0 Å². The molecule has 8 heteroatoms. The molecule has 0 radical (unpaired) electrons. The maximum atomic E-state index is 13.1. The van der Waals surface area contributed by atoms with Crippen LogP contribution in [-0.4, -0.2) is 47.7 Å². The van der Waals surface area contributed by atoms with E-state index in [9.17, 15) is 4.79 Å². The Morgan fingerprint density at radius 3 is 2.68 bits per heavy atom. The molecular formula is C26H27ClN4O2S. The normalized spacial score (nSPS) is 15.6. The summed E-state index contributed by atoms with van der Waals surface area (Å²) in [4.78, 5) is 23.9. The van der Waals surface area contributed by atoms with Crippen LogP contribution in [0, 0.1) is 6.92 Å². The predicted octanol–water partition coefficient (Wildman–Crippen LogP) is 4.78. The van der Waals surface area contributed by atoms with E-state index in [2.05, 4.69) is 46.4 Å². The summed E-state index contributed by atoms with van der Waals surface area (Å²) in [6, 6.07) is 16.3. The maximum Gasteiger partial charge on any atom is 0.260 e. The molecular weight excluding hydrogens is 468 g/mol. The molecule has 0 bridgehead atoms. The van der Waals surface area contributed by atoms with Crippen LogP contribution in [0.15, 0.2) is 58.7 Å². The van der Waals surface area contributed by atoms with Crippen molar-refractivity contribution in [1.29, 1.82) is 0 Å². The van der Waals surface area contributed by atoms with Gasteiger partial charge in [0.25, 0.3) is 5.56 Å². The van der Waals surface area contributed by atoms with Crippen LogP contribution in [0.25, 0.3) is 21.3 Å². The van der Waals surface area contributed by atoms with Crippen LogP contribution in [0.4, 0.5) is 0 Å². The van der Waals surface area contributed by atoms with Crippen molar-refractivity contribution >= 4 is 33.2 Å². The summed E-state index contributed by atoms with van der Waals surface area (Å²) in [6.45, 7) is 6.80. The number of nitrogens with one attached hydrogen (secondary N) is 2. The number of aryl methyl sites for hydroxylation is 1. The number of hydrogen-bond acceptors (Lipinski definition) is 6. The number of rotatable bonds is 7. The highest BCUT2D eigenvalue weighted by atomic mass is 35.5. The number of thiophene rings is 1. The molecule has 1 fully saturated rings. The zero-order valence-corrected chi connectivity index (χ0v) is 20.6. The number of morpholine rings is 1. The lowest BCUT2D eigenvalue weighted by Gasteiger charge is -2.31. The molecule has 176 valence electrons. The number of aromatic nitrogens is 2. The van der Waals surface area contributed by atoms with E-state index >= 15 is 0 Å². The summed E-state index contributed by atoms with van der Waals surface area (Å²) < 4.78 is 5.51. The Morgan fingerprint density at radius 1 is 1.15 bits per heavy atom. The molecule has 34 heavy (non-hydrogen) atoms. The lowest BCUT2D eigenvalue weighted by Crippen LogP contribution is -2.42. The Labute approximate surface area is 207 Å². The Morgan fingerprint density at radius 2 is 1.91 bits per heavy atom. The van der Waals surface area contributed by atoms with Crippen LogP contribution in [0.2, 0.25) is 5.02 Å². The fourth-order valence-electron chi connectivity index (χ4n) is 4.30. The van der Waals surface area contributed by atoms with Gasteiger partial charge in [-0.2, -0.15) is 0 Å². The number of halogens is 1. The minimum atomic E-state index is -0.141. The summed E-state index contributed by atoms with van der Waals surface area (Å²) >= 11 is 7.85. The largest absolute Gasteiger partial charge is 0.379 e. The van der Waals surface area contributed by atoms with Gasteiger partial charge < -0.3 is 15.0 Å². The average Bonchev–Trinajstić information content (AvgIpc) is 3.28. The Balaban J connectivity index is 1.39. The Hall–Kier alpha value is -2.55. The number of hydrogen-bond donors (Lipinski definition) is 2. The number of fused-ring (bicyclic) bond motifs is 1. The van der Waals surface area contributed by atoms with Crippen molar-refractivity contribution in [1.82, 2.24) is 20.2 Å². The molecule has 0 saturated carbocycles. The predicted molar refractivity (Wildman–Crippen MR) is 139 cm³/mol. The van der Waals surface area contributed by atoms with E-state index in [0.29, 0.717) is 22.8 Å². The Bertz CT molecular complexity index is 1330. The molecule has 1 saturated heterocycles. The summed E-state index contributed by atoms with van der Waals surface area (Å²) in [5.74, 6) is 0.629. The van der Waals surface area contributed by atoms with E-state index in [1.165, 1.54) is 22.5 Å². The van der Waals surface area contributed by atoms with Gasteiger partial charge in [0.1, 0.15) is 10.7 Å². The first-order valence-electron chi connectivity index (χ1n) is 11.4. The Kier molecular flexibility index (Phi) is 7.08. The van der Waals surface area contributed by atoms with Gasteiger partial charge in [0, 0.05) is 47.2 Å². The standard InChI is InChI=1S/C26H27ClN4O2S/c1-17-6-8-18(9-7-17)22(15-31-10-12-33-13-11-31)28-14-23-29-25(32)24-20(16-34-26(24)30-23)19-4-2-3-5-21(19)27/h2-9,16,22,28H,10-15H2,1H3,(H,29,30,32)/t22-/m1/s1. The van der Waals surface area contributed by atoms with E-state index in [0.717, 1.165) is 48.8 Å². The van der Waals surface area contributed by atoms with Crippen molar-refractivity contribution < 1.29 is 4.74 Å². The van der Waals surface area contributed by atoms with E-state index in [4.69, 9.17) is 21.3 Å². The maximum absolute atomic E-state index is 13.1. The summed E-state index contributed by atoms with van der Waals surface area (Å²) in [5.41, 5.74) is 3.98.